The summed E-state index contributed by atoms with van der Waals surface area (Å²) in [7, 11) is 0. The smallest absolute Gasteiger partial charge is 0.147 e. The van der Waals surface area contributed by atoms with Gasteiger partial charge in [0.2, 0.25) is 0 Å². The number of hydrogen-bond donors (Lipinski definition) is 1. The maximum Gasteiger partial charge on any atom is 0.147 e. The average Bonchev–Trinajstić information content (AvgIpc) is 3.20. The van der Waals surface area contributed by atoms with Crippen LogP contribution in [-0.4, -0.2) is 29.1 Å². The van der Waals surface area contributed by atoms with Crippen molar-refractivity contribution in [1.29, 1.82) is 0 Å². The van der Waals surface area contributed by atoms with Crippen LogP contribution in [-0.2, 0) is 6.54 Å². The third-order valence-electron chi connectivity index (χ3n) is 4.07. The molecule has 1 saturated heterocycles. The van der Waals surface area contributed by atoms with Gasteiger partial charge in [0.15, 0.2) is 0 Å². The first-order valence-electron chi connectivity index (χ1n) is 7.42. The van der Waals surface area contributed by atoms with Gasteiger partial charge in [-0.15, -0.1) is 0 Å². The van der Waals surface area contributed by atoms with Crippen LogP contribution in [0.2, 0.25) is 0 Å². The van der Waals surface area contributed by atoms with Crippen LogP contribution in [0.25, 0.3) is 0 Å². The van der Waals surface area contributed by atoms with Crippen molar-refractivity contribution in [1.82, 2.24) is 15.3 Å². The summed E-state index contributed by atoms with van der Waals surface area (Å²) in [4.78, 5) is 11.5. The molecule has 0 atom stereocenters. The first-order chi connectivity index (χ1) is 9.12. The Hall–Kier alpha value is -1.16. The molecule has 0 aromatic carbocycles. The molecule has 0 spiro atoms. The third-order valence-corrected chi connectivity index (χ3v) is 4.07. The van der Waals surface area contributed by atoms with Crippen molar-refractivity contribution in [2.24, 2.45) is 5.41 Å². The van der Waals surface area contributed by atoms with Gasteiger partial charge in [0, 0.05) is 25.7 Å². The minimum Gasteiger partial charge on any atom is -0.355 e. The van der Waals surface area contributed by atoms with Crippen molar-refractivity contribution >= 4 is 5.82 Å². The number of nitrogens with zero attached hydrogens (tertiary/aromatic N) is 3. The van der Waals surface area contributed by atoms with Gasteiger partial charge in [-0.1, -0.05) is 13.8 Å². The van der Waals surface area contributed by atoms with E-state index in [1.54, 1.807) is 0 Å². The Morgan fingerprint density at radius 2 is 2.16 bits per heavy atom. The van der Waals surface area contributed by atoms with Crippen LogP contribution in [0.5, 0.6) is 0 Å². The minimum atomic E-state index is 0.395. The van der Waals surface area contributed by atoms with Gasteiger partial charge < -0.3 is 10.2 Å². The van der Waals surface area contributed by atoms with Crippen LogP contribution in [0.3, 0.4) is 0 Å². The van der Waals surface area contributed by atoms with E-state index in [1.807, 2.05) is 12.4 Å². The van der Waals surface area contributed by atoms with Gasteiger partial charge in [-0.2, -0.15) is 0 Å². The number of piperidine rings is 1. The van der Waals surface area contributed by atoms with Gasteiger partial charge in [-0.05, 0) is 31.1 Å². The monoisotopic (exact) mass is 260 g/mol. The van der Waals surface area contributed by atoms with Crippen molar-refractivity contribution in [3.05, 3.63) is 18.1 Å². The molecule has 3 rings (SSSR count). The molecule has 0 radical (unpaired) electrons. The van der Waals surface area contributed by atoms with Gasteiger partial charge in [0.05, 0.1) is 18.1 Å². The van der Waals surface area contributed by atoms with E-state index in [4.69, 9.17) is 0 Å². The second-order valence-electron chi connectivity index (χ2n) is 6.71. The highest BCUT2D eigenvalue weighted by molar-refractivity contribution is 5.36. The second-order valence-corrected chi connectivity index (χ2v) is 6.71. The highest BCUT2D eigenvalue weighted by Gasteiger charge is 2.27. The van der Waals surface area contributed by atoms with E-state index in [2.05, 4.69) is 34.0 Å². The van der Waals surface area contributed by atoms with Crippen LogP contribution in [0, 0.1) is 5.41 Å². The van der Waals surface area contributed by atoms with E-state index in [1.165, 1.54) is 25.7 Å². The molecular weight excluding hydrogens is 236 g/mol. The highest BCUT2D eigenvalue weighted by Crippen LogP contribution is 2.30. The number of nitrogens with one attached hydrogen (secondary N) is 1. The standard InChI is InChI=1S/C15H24N4/c1-15(2)6-3-7-19(11-15)14-10-17-13(9-18-14)8-16-12-4-5-12/h9-10,12,16H,3-8,11H2,1-2H3. The van der Waals surface area contributed by atoms with Gasteiger partial charge >= 0.3 is 0 Å². The summed E-state index contributed by atoms with van der Waals surface area (Å²) in [6.45, 7) is 7.71. The summed E-state index contributed by atoms with van der Waals surface area (Å²) >= 11 is 0. The Labute approximate surface area is 115 Å². The predicted octanol–water partition coefficient (Wildman–Crippen LogP) is 2.36. The Kier molecular flexibility index (Phi) is 3.44. The molecule has 1 aliphatic heterocycles. The molecule has 104 valence electrons. The average molecular weight is 260 g/mol. The van der Waals surface area contributed by atoms with E-state index >= 15 is 0 Å². The topological polar surface area (TPSA) is 41.1 Å². The van der Waals surface area contributed by atoms with E-state index in [9.17, 15) is 0 Å². The van der Waals surface area contributed by atoms with Crippen molar-refractivity contribution in [2.45, 2.75) is 52.1 Å². The molecule has 1 saturated carbocycles. The molecule has 1 N–H and O–H groups in total. The zero-order valence-corrected chi connectivity index (χ0v) is 12.0. The zero-order valence-electron chi connectivity index (χ0n) is 12.0. The molecule has 4 heteroatoms. The lowest BCUT2D eigenvalue weighted by Crippen LogP contribution is -2.40. The van der Waals surface area contributed by atoms with Gasteiger partial charge in [0.25, 0.3) is 0 Å². The van der Waals surface area contributed by atoms with Gasteiger partial charge in [-0.25, -0.2) is 4.98 Å². The Morgan fingerprint density at radius 1 is 1.32 bits per heavy atom. The largest absolute Gasteiger partial charge is 0.355 e. The molecule has 2 fully saturated rings. The highest BCUT2D eigenvalue weighted by atomic mass is 15.2. The van der Waals surface area contributed by atoms with Crippen molar-refractivity contribution in [2.75, 3.05) is 18.0 Å². The summed E-state index contributed by atoms with van der Waals surface area (Å²) in [6.07, 6.45) is 9.04. The first kappa shape index (κ1) is 12.9. The number of anilines is 1. The summed E-state index contributed by atoms with van der Waals surface area (Å²) in [5.41, 5.74) is 1.44. The maximum atomic E-state index is 4.59. The molecule has 1 aliphatic carbocycles. The molecule has 2 heterocycles. The molecule has 2 aliphatic rings. The SMILES string of the molecule is CC1(C)CCCN(c2cnc(CNC3CC3)cn2)C1. The van der Waals surface area contributed by atoms with E-state index in [0.29, 0.717) is 5.41 Å². The van der Waals surface area contributed by atoms with Crippen LogP contribution >= 0.6 is 0 Å². The molecule has 0 unspecified atom stereocenters. The molecule has 1 aromatic rings. The summed E-state index contributed by atoms with van der Waals surface area (Å²) in [6, 6.07) is 0.726. The lowest BCUT2D eigenvalue weighted by molar-refractivity contribution is 0.292. The Balaban J connectivity index is 1.61. The van der Waals surface area contributed by atoms with Crippen molar-refractivity contribution < 1.29 is 0 Å². The zero-order chi connectivity index (χ0) is 13.3. The van der Waals surface area contributed by atoms with Crippen LogP contribution in [0.15, 0.2) is 12.4 Å². The molecular formula is C15H24N4. The molecule has 0 amide bonds. The quantitative estimate of drug-likeness (QED) is 0.902. The van der Waals surface area contributed by atoms with E-state index in [0.717, 1.165) is 37.2 Å². The van der Waals surface area contributed by atoms with Crippen LogP contribution < -0.4 is 10.2 Å². The van der Waals surface area contributed by atoms with Gasteiger partial charge in [0.1, 0.15) is 5.82 Å². The lowest BCUT2D eigenvalue weighted by atomic mass is 9.84. The first-order valence-corrected chi connectivity index (χ1v) is 7.42. The maximum absolute atomic E-state index is 4.59. The minimum absolute atomic E-state index is 0.395. The van der Waals surface area contributed by atoms with Crippen molar-refractivity contribution in [3.63, 3.8) is 0 Å². The summed E-state index contributed by atoms with van der Waals surface area (Å²) in [5.74, 6) is 1.03. The third kappa shape index (κ3) is 3.44. The molecule has 0 bridgehead atoms. The summed E-state index contributed by atoms with van der Waals surface area (Å²) < 4.78 is 0. The molecule has 1 aromatic heterocycles. The second kappa shape index (κ2) is 5.08. The number of hydrogen-bond acceptors (Lipinski definition) is 4. The van der Waals surface area contributed by atoms with Crippen molar-refractivity contribution in [3.8, 4) is 0 Å². The van der Waals surface area contributed by atoms with E-state index < -0.39 is 0 Å². The van der Waals surface area contributed by atoms with Crippen LogP contribution in [0.4, 0.5) is 5.82 Å². The molecule has 4 nitrogen and oxygen atoms in total. The fourth-order valence-electron chi connectivity index (χ4n) is 2.76. The predicted molar refractivity (Wildman–Crippen MR) is 77.1 cm³/mol. The Morgan fingerprint density at radius 3 is 2.79 bits per heavy atom. The lowest BCUT2D eigenvalue weighted by Gasteiger charge is -2.38. The number of rotatable bonds is 4. The molecule has 19 heavy (non-hydrogen) atoms. The Bertz CT molecular complexity index is 422. The summed E-state index contributed by atoms with van der Waals surface area (Å²) in [5, 5.41) is 3.47. The van der Waals surface area contributed by atoms with Crippen LogP contribution in [0.1, 0.15) is 45.2 Å². The normalized spacial score (nSPS) is 22.5. The number of aromatic nitrogens is 2. The fourth-order valence-corrected chi connectivity index (χ4v) is 2.76. The van der Waals surface area contributed by atoms with E-state index in [-0.39, 0.29) is 0 Å². The van der Waals surface area contributed by atoms with Gasteiger partial charge in [-0.3, -0.25) is 4.98 Å². The fraction of sp³-hybridized carbons (Fsp3) is 0.733.